The van der Waals surface area contributed by atoms with Crippen LogP contribution < -0.4 is 16.6 Å². The number of rotatable bonds is 7. The quantitative estimate of drug-likeness (QED) is 0.525. The Balaban J connectivity index is 2.28. The zero-order valence-corrected chi connectivity index (χ0v) is 12.1. The van der Waals surface area contributed by atoms with Crippen LogP contribution in [0.4, 0.5) is 11.6 Å². The highest BCUT2D eigenvalue weighted by molar-refractivity contribution is 5.65. The van der Waals surface area contributed by atoms with E-state index in [0.717, 1.165) is 5.65 Å². The first-order chi connectivity index (χ1) is 9.65. The van der Waals surface area contributed by atoms with E-state index >= 15 is 0 Å². The second kappa shape index (κ2) is 6.53. The molecule has 0 aromatic carbocycles. The van der Waals surface area contributed by atoms with Gasteiger partial charge in [0.15, 0.2) is 17.3 Å². The Morgan fingerprint density at radius 1 is 1.45 bits per heavy atom. The van der Waals surface area contributed by atoms with Gasteiger partial charge in [0.1, 0.15) is 0 Å². The minimum Gasteiger partial charge on any atom is -0.380 e. The molecule has 0 amide bonds. The molecule has 0 fully saturated rings. The summed E-state index contributed by atoms with van der Waals surface area (Å²) in [5, 5.41) is 3.40. The van der Waals surface area contributed by atoms with Crippen LogP contribution in [0.1, 0.15) is 20.8 Å². The first kappa shape index (κ1) is 14.5. The molecule has 0 saturated heterocycles. The van der Waals surface area contributed by atoms with Gasteiger partial charge in [0, 0.05) is 19.0 Å². The number of nitrogens with two attached hydrogens (primary N) is 1. The summed E-state index contributed by atoms with van der Waals surface area (Å²) in [6, 6.07) is 0.163. The lowest BCUT2D eigenvalue weighted by molar-refractivity contribution is 0.126. The molecule has 0 spiro atoms. The highest BCUT2D eigenvalue weighted by Gasteiger charge is 2.16. The van der Waals surface area contributed by atoms with Crippen molar-refractivity contribution in [2.45, 2.75) is 26.8 Å². The third kappa shape index (κ3) is 3.17. The van der Waals surface area contributed by atoms with Gasteiger partial charge in [-0.15, -0.1) is 0 Å². The first-order valence-electron chi connectivity index (χ1n) is 6.80. The lowest BCUT2D eigenvalue weighted by Gasteiger charge is -2.23. The Morgan fingerprint density at radius 3 is 2.90 bits per heavy atom. The fourth-order valence-corrected chi connectivity index (χ4v) is 1.92. The van der Waals surface area contributed by atoms with Crippen LogP contribution in [0.15, 0.2) is 18.6 Å². The zero-order chi connectivity index (χ0) is 14.5. The maximum absolute atomic E-state index is 5.52. The topological polar surface area (TPSA) is 89.5 Å². The minimum atomic E-state index is 0.163. The van der Waals surface area contributed by atoms with E-state index in [9.17, 15) is 0 Å². The Labute approximate surface area is 118 Å². The summed E-state index contributed by atoms with van der Waals surface area (Å²) in [7, 11) is 0. The summed E-state index contributed by atoms with van der Waals surface area (Å²) in [6.45, 7) is 7.60. The van der Waals surface area contributed by atoms with Gasteiger partial charge in [0.05, 0.1) is 18.8 Å². The van der Waals surface area contributed by atoms with E-state index in [1.165, 1.54) is 0 Å². The third-order valence-electron chi connectivity index (χ3n) is 3.15. The van der Waals surface area contributed by atoms with Crippen LogP contribution in [-0.4, -0.2) is 33.6 Å². The van der Waals surface area contributed by atoms with E-state index in [-0.39, 0.29) is 6.04 Å². The van der Waals surface area contributed by atoms with E-state index in [0.29, 0.717) is 30.8 Å². The molecule has 0 aliphatic rings. The Hall–Kier alpha value is -1.86. The molecule has 20 heavy (non-hydrogen) atoms. The molecule has 4 N–H and O–H groups in total. The summed E-state index contributed by atoms with van der Waals surface area (Å²) < 4.78 is 7.40. The van der Waals surface area contributed by atoms with Crippen molar-refractivity contribution >= 4 is 17.3 Å². The van der Waals surface area contributed by atoms with Gasteiger partial charge in [-0.2, -0.15) is 0 Å². The van der Waals surface area contributed by atoms with Crippen LogP contribution in [0.5, 0.6) is 0 Å². The smallest absolute Gasteiger partial charge is 0.180 e. The molecule has 2 rings (SSSR count). The average molecular weight is 278 g/mol. The highest BCUT2D eigenvalue weighted by Crippen LogP contribution is 2.18. The number of anilines is 2. The van der Waals surface area contributed by atoms with E-state index in [1.807, 2.05) is 17.5 Å². The summed E-state index contributed by atoms with van der Waals surface area (Å²) in [6.07, 6.45) is 5.38. The maximum Gasteiger partial charge on any atom is 0.180 e. The van der Waals surface area contributed by atoms with Crippen molar-refractivity contribution in [3.05, 3.63) is 18.6 Å². The average Bonchev–Trinajstić information content (AvgIpc) is 2.91. The summed E-state index contributed by atoms with van der Waals surface area (Å²) in [4.78, 5) is 8.75. The normalized spacial score (nSPS) is 12.8. The molecular weight excluding hydrogens is 256 g/mol. The standard InChI is InChI=1S/C13H22N6O/c1-4-20-8-10(9(2)3)16-12-13-15-5-6-19(13)7-11(17-12)18-14/h5-7,9-10,18H,4,8,14H2,1-3H3,(H,16,17). The second-order valence-electron chi connectivity index (χ2n) is 4.93. The predicted octanol–water partition coefficient (Wildman–Crippen LogP) is 1.49. The zero-order valence-electron chi connectivity index (χ0n) is 12.1. The number of ether oxygens (including phenoxy) is 1. The number of aromatic nitrogens is 3. The lowest BCUT2D eigenvalue weighted by atomic mass is 10.1. The van der Waals surface area contributed by atoms with Gasteiger partial charge < -0.3 is 19.9 Å². The molecule has 0 bridgehead atoms. The monoisotopic (exact) mass is 278 g/mol. The molecule has 7 nitrogen and oxygen atoms in total. The molecule has 2 aromatic rings. The SMILES string of the molecule is CCOCC(Nc1nc(NN)cn2ccnc12)C(C)C. The van der Waals surface area contributed by atoms with Crippen molar-refractivity contribution in [1.29, 1.82) is 0 Å². The van der Waals surface area contributed by atoms with Crippen molar-refractivity contribution < 1.29 is 4.74 Å². The van der Waals surface area contributed by atoms with Crippen molar-refractivity contribution in [3.63, 3.8) is 0 Å². The van der Waals surface area contributed by atoms with Crippen LogP contribution in [0, 0.1) is 5.92 Å². The van der Waals surface area contributed by atoms with Crippen molar-refractivity contribution in [2.75, 3.05) is 24.0 Å². The summed E-state index contributed by atoms with van der Waals surface area (Å²) in [5.41, 5.74) is 3.33. The predicted molar refractivity (Wildman–Crippen MR) is 79.5 cm³/mol. The fraction of sp³-hybridized carbons (Fsp3) is 0.538. The second-order valence-corrected chi connectivity index (χ2v) is 4.93. The molecule has 0 aliphatic heterocycles. The number of nitrogens with one attached hydrogen (secondary N) is 2. The third-order valence-corrected chi connectivity index (χ3v) is 3.15. The minimum absolute atomic E-state index is 0.163. The molecule has 1 unspecified atom stereocenters. The molecule has 0 aliphatic carbocycles. The van der Waals surface area contributed by atoms with Gasteiger partial charge in [-0.3, -0.25) is 0 Å². The van der Waals surface area contributed by atoms with Gasteiger partial charge in [-0.05, 0) is 12.8 Å². The molecular formula is C13H22N6O. The van der Waals surface area contributed by atoms with Gasteiger partial charge in [0.2, 0.25) is 0 Å². The van der Waals surface area contributed by atoms with Crippen molar-refractivity contribution in [1.82, 2.24) is 14.4 Å². The molecule has 0 radical (unpaired) electrons. The van der Waals surface area contributed by atoms with Crippen LogP contribution in [0.2, 0.25) is 0 Å². The van der Waals surface area contributed by atoms with Crippen LogP contribution in [0.3, 0.4) is 0 Å². The van der Waals surface area contributed by atoms with Gasteiger partial charge in [-0.1, -0.05) is 13.8 Å². The number of hydrogen-bond donors (Lipinski definition) is 3. The van der Waals surface area contributed by atoms with E-state index in [1.54, 1.807) is 12.4 Å². The van der Waals surface area contributed by atoms with Gasteiger partial charge in [-0.25, -0.2) is 15.8 Å². The molecule has 0 saturated carbocycles. The first-order valence-corrected chi connectivity index (χ1v) is 6.80. The Bertz CT molecular complexity index is 553. The number of hydrazine groups is 1. The van der Waals surface area contributed by atoms with Gasteiger partial charge >= 0.3 is 0 Å². The number of fused-ring (bicyclic) bond motifs is 1. The van der Waals surface area contributed by atoms with E-state index in [4.69, 9.17) is 10.6 Å². The van der Waals surface area contributed by atoms with Crippen LogP contribution >= 0.6 is 0 Å². The van der Waals surface area contributed by atoms with Crippen LogP contribution in [0.25, 0.3) is 5.65 Å². The van der Waals surface area contributed by atoms with E-state index in [2.05, 4.69) is 34.6 Å². The molecule has 1 atom stereocenters. The fourth-order valence-electron chi connectivity index (χ4n) is 1.92. The van der Waals surface area contributed by atoms with Crippen molar-refractivity contribution in [3.8, 4) is 0 Å². The lowest BCUT2D eigenvalue weighted by Crippen LogP contribution is -2.31. The summed E-state index contributed by atoms with van der Waals surface area (Å²) in [5.74, 6) is 7.14. The van der Waals surface area contributed by atoms with Crippen LogP contribution in [-0.2, 0) is 4.74 Å². The largest absolute Gasteiger partial charge is 0.380 e. The Kier molecular flexibility index (Phi) is 4.75. The number of nitrogen functional groups attached to an aromatic ring is 1. The van der Waals surface area contributed by atoms with Gasteiger partial charge in [0.25, 0.3) is 0 Å². The van der Waals surface area contributed by atoms with Crippen molar-refractivity contribution in [2.24, 2.45) is 11.8 Å². The highest BCUT2D eigenvalue weighted by atomic mass is 16.5. The molecule has 2 aromatic heterocycles. The maximum atomic E-state index is 5.52. The Morgan fingerprint density at radius 2 is 2.25 bits per heavy atom. The summed E-state index contributed by atoms with van der Waals surface area (Å²) >= 11 is 0. The van der Waals surface area contributed by atoms with E-state index < -0.39 is 0 Å². The molecule has 7 heteroatoms. The number of nitrogens with zero attached hydrogens (tertiary/aromatic N) is 3. The number of hydrogen-bond acceptors (Lipinski definition) is 6. The molecule has 2 heterocycles. The number of imidazole rings is 1. The molecule has 110 valence electrons.